The number of aliphatic hydroxyl groups is 1. The summed E-state index contributed by atoms with van der Waals surface area (Å²) >= 11 is 0. The van der Waals surface area contributed by atoms with Gasteiger partial charge >= 0.3 is 0 Å². The van der Waals surface area contributed by atoms with E-state index in [9.17, 15) is 5.11 Å². The number of rotatable bonds is 5. The summed E-state index contributed by atoms with van der Waals surface area (Å²) in [4.78, 5) is 4.09. The van der Waals surface area contributed by atoms with Crippen molar-refractivity contribution in [2.75, 3.05) is 6.54 Å². The summed E-state index contributed by atoms with van der Waals surface area (Å²) in [5, 5.41) is 13.8. The molecule has 1 heterocycles. The van der Waals surface area contributed by atoms with Gasteiger partial charge in [0.1, 0.15) is 0 Å². The molecule has 1 aliphatic rings. The molecule has 0 radical (unpaired) electrons. The first-order valence-corrected chi connectivity index (χ1v) is 7.04. The van der Waals surface area contributed by atoms with Crippen LogP contribution in [0.5, 0.6) is 0 Å². The molecule has 0 spiro atoms. The van der Waals surface area contributed by atoms with E-state index in [1.807, 2.05) is 12.3 Å². The third-order valence-corrected chi connectivity index (χ3v) is 4.12. The van der Waals surface area contributed by atoms with Crippen LogP contribution in [-0.2, 0) is 6.54 Å². The fraction of sp³-hybridized carbons (Fsp3) is 0.667. The van der Waals surface area contributed by atoms with E-state index >= 15 is 0 Å². The van der Waals surface area contributed by atoms with Gasteiger partial charge in [0.25, 0.3) is 0 Å². The van der Waals surface area contributed by atoms with E-state index in [-0.39, 0.29) is 0 Å². The van der Waals surface area contributed by atoms with Gasteiger partial charge in [0.15, 0.2) is 0 Å². The van der Waals surface area contributed by atoms with Crippen LogP contribution >= 0.6 is 0 Å². The summed E-state index contributed by atoms with van der Waals surface area (Å²) in [5.41, 5.74) is 0.678. The molecule has 0 bridgehead atoms. The highest BCUT2D eigenvalue weighted by molar-refractivity contribution is 5.08. The van der Waals surface area contributed by atoms with Gasteiger partial charge in [0.2, 0.25) is 0 Å². The Balaban J connectivity index is 1.73. The SMILES string of the molecule is CCC1CCC(O)(CNCc2cccnc2)CC1. The largest absolute Gasteiger partial charge is 0.389 e. The second kappa shape index (κ2) is 6.30. The van der Waals surface area contributed by atoms with E-state index in [0.29, 0.717) is 6.54 Å². The molecule has 1 fully saturated rings. The number of nitrogens with zero attached hydrogens (tertiary/aromatic N) is 1. The Kier molecular flexibility index (Phi) is 4.72. The van der Waals surface area contributed by atoms with Gasteiger partial charge in [0, 0.05) is 25.5 Å². The Labute approximate surface area is 110 Å². The summed E-state index contributed by atoms with van der Waals surface area (Å²) in [6.07, 6.45) is 9.10. The molecule has 0 saturated heterocycles. The number of hydrogen-bond acceptors (Lipinski definition) is 3. The van der Waals surface area contributed by atoms with Crippen LogP contribution in [0.1, 0.15) is 44.6 Å². The van der Waals surface area contributed by atoms with E-state index < -0.39 is 5.60 Å². The molecule has 0 unspecified atom stereocenters. The summed E-state index contributed by atoms with van der Waals surface area (Å²) in [7, 11) is 0. The molecule has 0 atom stereocenters. The van der Waals surface area contributed by atoms with Crippen LogP contribution in [0.3, 0.4) is 0 Å². The van der Waals surface area contributed by atoms with E-state index in [1.165, 1.54) is 24.8 Å². The molecular weight excluding hydrogens is 224 g/mol. The minimum Gasteiger partial charge on any atom is -0.389 e. The fourth-order valence-electron chi connectivity index (χ4n) is 2.74. The van der Waals surface area contributed by atoms with E-state index in [4.69, 9.17) is 0 Å². The maximum absolute atomic E-state index is 10.5. The Morgan fingerprint density at radius 1 is 1.44 bits per heavy atom. The van der Waals surface area contributed by atoms with Gasteiger partial charge in [-0.15, -0.1) is 0 Å². The van der Waals surface area contributed by atoms with Gasteiger partial charge in [0.05, 0.1) is 5.60 Å². The summed E-state index contributed by atoms with van der Waals surface area (Å²) in [6, 6.07) is 4.00. The minimum absolute atomic E-state index is 0.492. The first-order valence-electron chi connectivity index (χ1n) is 7.04. The van der Waals surface area contributed by atoms with Crippen LogP contribution in [0, 0.1) is 5.92 Å². The molecule has 2 N–H and O–H groups in total. The van der Waals surface area contributed by atoms with Gasteiger partial charge in [-0.2, -0.15) is 0 Å². The normalized spacial score (nSPS) is 28.2. The smallest absolute Gasteiger partial charge is 0.0771 e. The Hall–Kier alpha value is -0.930. The zero-order valence-corrected chi connectivity index (χ0v) is 11.2. The van der Waals surface area contributed by atoms with Crippen LogP contribution in [-0.4, -0.2) is 22.2 Å². The average Bonchev–Trinajstić information content (AvgIpc) is 2.41. The molecule has 3 heteroatoms. The molecular formula is C15H24N2O. The zero-order chi connectivity index (χ0) is 12.8. The highest BCUT2D eigenvalue weighted by atomic mass is 16.3. The van der Waals surface area contributed by atoms with Crippen molar-refractivity contribution in [3.05, 3.63) is 30.1 Å². The van der Waals surface area contributed by atoms with E-state index in [1.54, 1.807) is 6.20 Å². The van der Waals surface area contributed by atoms with Gasteiger partial charge in [-0.25, -0.2) is 0 Å². The van der Waals surface area contributed by atoms with Crippen molar-refractivity contribution in [3.63, 3.8) is 0 Å². The van der Waals surface area contributed by atoms with Gasteiger partial charge in [-0.3, -0.25) is 4.98 Å². The van der Waals surface area contributed by atoms with Crippen LogP contribution in [0.15, 0.2) is 24.5 Å². The maximum Gasteiger partial charge on any atom is 0.0771 e. The lowest BCUT2D eigenvalue weighted by molar-refractivity contribution is -0.00881. The molecule has 0 amide bonds. The molecule has 0 aliphatic heterocycles. The van der Waals surface area contributed by atoms with Crippen molar-refractivity contribution in [3.8, 4) is 0 Å². The lowest BCUT2D eigenvalue weighted by Crippen LogP contribution is -2.43. The number of aromatic nitrogens is 1. The maximum atomic E-state index is 10.5. The van der Waals surface area contributed by atoms with Crippen LogP contribution in [0.25, 0.3) is 0 Å². The van der Waals surface area contributed by atoms with Gasteiger partial charge in [-0.1, -0.05) is 19.4 Å². The lowest BCUT2D eigenvalue weighted by atomic mass is 9.78. The first-order chi connectivity index (χ1) is 8.72. The molecule has 1 saturated carbocycles. The molecule has 0 aromatic carbocycles. The van der Waals surface area contributed by atoms with Crippen molar-refractivity contribution >= 4 is 0 Å². The van der Waals surface area contributed by atoms with Gasteiger partial charge < -0.3 is 10.4 Å². The fourth-order valence-corrected chi connectivity index (χ4v) is 2.74. The molecule has 18 heavy (non-hydrogen) atoms. The second-order valence-electron chi connectivity index (χ2n) is 5.54. The van der Waals surface area contributed by atoms with Crippen LogP contribution in [0.4, 0.5) is 0 Å². The Morgan fingerprint density at radius 3 is 2.83 bits per heavy atom. The summed E-state index contributed by atoms with van der Waals surface area (Å²) < 4.78 is 0. The topological polar surface area (TPSA) is 45.1 Å². The van der Waals surface area contributed by atoms with Gasteiger partial charge in [-0.05, 0) is 43.2 Å². The quantitative estimate of drug-likeness (QED) is 0.841. The standard InChI is InChI=1S/C15H24N2O/c1-2-13-5-7-15(18,8-6-13)12-17-11-14-4-3-9-16-10-14/h3-4,9-10,13,17-18H,2,5-8,11-12H2,1H3. The molecule has 1 aliphatic carbocycles. The number of pyridine rings is 1. The monoisotopic (exact) mass is 248 g/mol. The third-order valence-electron chi connectivity index (χ3n) is 4.12. The van der Waals surface area contributed by atoms with E-state index in [2.05, 4.69) is 23.3 Å². The summed E-state index contributed by atoms with van der Waals surface area (Å²) in [5.74, 6) is 0.823. The molecule has 1 aromatic rings. The Bertz CT molecular complexity index is 345. The highest BCUT2D eigenvalue weighted by Gasteiger charge is 2.31. The molecule has 100 valence electrons. The number of hydrogen-bond donors (Lipinski definition) is 2. The molecule has 2 rings (SSSR count). The lowest BCUT2D eigenvalue weighted by Gasteiger charge is -2.36. The predicted molar refractivity (Wildman–Crippen MR) is 73.1 cm³/mol. The van der Waals surface area contributed by atoms with Crippen LogP contribution < -0.4 is 5.32 Å². The second-order valence-corrected chi connectivity index (χ2v) is 5.54. The van der Waals surface area contributed by atoms with Crippen molar-refractivity contribution in [2.45, 2.75) is 51.2 Å². The van der Waals surface area contributed by atoms with Crippen molar-refractivity contribution in [2.24, 2.45) is 5.92 Å². The van der Waals surface area contributed by atoms with Crippen LogP contribution in [0.2, 0.25) is 0 Å². The zero-order valence-electron chi connectivity index (χ0n) is 11.2. The van der Waals surface area contributed by atoms with E-state index in [0.717, 1.165) is 25.3 Å². The highest BCUT2D eigenvalue weighted by Crippen LogP contribution is 2.33. The average molecular weight is 248 g/mol. The Morgan fingerprint density at radius 2 is 2.22 bits per heavy atom. The summed E-state index contributed by atoms with van der Waals surface area (Å²) in [6.45, 7) is 3.72. The van der Waals surface area contributed by atoms with Crippen molar-refractivity contribution in [1.29, 1.82) is 0 Å². The third kappa shape index (κ3) is 3.79. The predicted octanol–water partition coefficient (Wildman–Crippen LogP) is 2.50. The molecule has 1 aromatic heterocycles. The number of nitrogens with one attached hydrogen (secondary N) is 1. The first kappa shape index (κ1) is 13.5. The van der Waals surface area contributed by atoms with Crippen molar-refractivity contribution < 1.29 is 5.11 Å². The van der Waals surface area contributed by atoms with Crippen molar-refractivity contribution in [1.82, 2.24) is 10.3 Å². The minimum atomic E-state index is -0.492. The molecule has 3 nitrogen and oxygen atoms in total.